The molecule has 1 aliphatic heterocycles. The monoisotopic (exact) mass is 284 g/mol. The first-order valence-electron chi connectivity index (χ1n) is 5.11. The number of hydrogen-bond donors (Lipinski definition) is 1. The zero-order chi connectivity index (χ0) is 11.7. The fourth-order valence-electron chi connectivity index (χ4n) is 1.77. The van der Waals surface area contributed by atoms with Crippen LogP contribution in [-0.2, 0) is 4.79 Å². The van der Waals surface area contributed by atoms with Crippen LogP contribution in [0.15, 0.2) is 10.7 Å². The third kappa shape index (κ3) is 2.16. The standard InChI is InChI=1S/C10H13BrN4O/c1-6-8(11)4-13-10(14-6)15-3-2-7(5-15)9(12)16/h4,7H,2-3,5H2,1H3,(H2,12,16). The molecule has 1 aliphatic rings. The lowest BCUT2D eigenvalue weighted by Gasteiger charge is -2.16. The van der Waals surface area contributed by atoms with Gasteiger partial charge in [0, 0.05) is 19.3 Å². The van der Waals surface area contributed by atoms with E-state index in [1.807, 2.05) is 11.8 Å². The van der Waals surface area contributed by atoms with Gasteiger partial charge in [0.15, 0.2) is 0 Å². The molecule has 1 saturated heterocycles. The summed E-state index contributed by atoms with van der Waals surface area (Å²) in [5.41, 5.74) is 6.17. The van der Waals surface area contributed by atoms with Gasteiger partial charge >= 0.3 is 0 Å². The minimum Gasteiger partial charge on any atom is -0.369 e. The Bertz CT molecular complexity index is 423. The lowest BCUT2D eigenvalue weighted by atomic mass is 10.1. The second kappa shape index (κ2) is 4.37. The normalized spacial score (nSPS) is 20.1. The van der Waals surface area contributed by atoms with E-state index in [2.05, 4.69) is 25.9 Å². The van der Waals surface area contributed by atoms with Gasteiger partial charge in [0.2, 0.25) is 11.9 Å². The van der Waals surface area contributed by atoms with Crippen LogP contribution >= 0.6 is 15.9 Å². The van der Waals surface area contributed by atoms with Crippen molar-refractivity contribution in [1.29, 1.82) is 0 Å². The predicted molar refractivity (Wildman–Crippen MR) is 64.0 cm³/mol. The first-order valence-corrected chi connectivity index (χ1v) is 5.90. The average Bonchev–Trinajstić information content (AvgIpc) is 2.71. The molecule has 0 bridgehead atoms. The largest absolute Gasteiger partial charge is 0.369 e. The van der Waals surface area contributed by atoms with E-state index in [-0.39, 0.29) is 11.8 Å². The van der Waals surface area contributed by atoms with Crippen LogP contribution in [0.4, 0.5) is 5.95 Å². The van der Waals surface area contributed by atoms with Gasteiger partial charge in [-0.2, -0.15) is 0 Å². The third-order valence-corrected chi connectivity index (χ3v) is 3.56. The van der Waals surface area contributed by atoms with Crippen molar-refractivity contribution < 1.29 is 4.79 Å². The van der Waals surface area contributed by atoms with Crippen LogP contribution in [-0.4, -0.2) is 29.0 Å². The minimum absolute atomic E-state index is 0.0763. The number of amides is 1. The fourth-order valence-corrected chi connectivity index (χ4v) is 1.96. The summed E-state index contributed by atoms with van der Waals surface area (Å²) >= 11 is 3.36. The number of anilines is 1. The molecule has 1 aromatic heterocycles. The van der Waals surface area contributed by atoms with Gasteiger partial charge in [-0.3, -0.25) is 4.79 Å². The number of nitrogens with zero attached hydrogens (tertiary/aromatic N) is 3. The van der Waals surface area contributed by atoms with Gasteiger partial charge in [0.25, 0.3) is 0 Å². The minimum atomic E-state index is -0.240. The fraction of sp³-hybridized carbons (Fsp3) is 0.500. The highest BCUT2D eigenvalue weighted by atomic mass is 79.9. The molecule has 0 spiro atoms. The Balaban J connectivity index is 2.14. The van der Waals surface area contributed by atoms with Crippen LogP contribution in [0, 0.1) is 12.8 Å². The number of aryl methyl sites for hydroxylation is 1. The topological polar surface area (TPSA) is 72.1 Å². The molecule has 2 N–H and O–H groups in total. The molecular weight excluding hydrogens is 272 g/mol. The predicted octanol–water partition coefficient (Wildman–Crippen LogP) is 0.859. The second-order valence-electron chi connectivity index (χ2n) is 3.94. The maximum atomic E-state index is 11.0. The smallest absolute Gasteiger partial charge is 0.225 e. The molecular formula is C10H13BrN4O. The summed E-state index contributed by atoms with van der Waals surface area (Å²) in [6, 6.07) is 0. The van der Waals surface area contributed by atoms with Crippen molar-refractivity contribution in [1.82, 2.24) is 9.97 Å². The molecule has 86 valence electrons. The van der Waals surface area contributed by atoms with Crippen molar-refractivity contribution in [2.24, 2.45) is 11.7 Å². The van der Waals surface area contributed by atoms with Gasteiger partial charge in [0.1, 0.15) is 0 Å². The van der Waals surface area contributed by atoms with Crippen LogP contribution in [0.1, 0.15) is 12.1 Å². The van der Waals surface area contributed by atoms with Crippen LogP contribution in [0.5, 0.6) is 0 Å². The van der Waals surface area contributed by atoms with E-state index in [9.17, 15) is 4.79 Å². The van der Waals surface area contributed by atoms with E-state index in [4.69, 9.17) is 5.73 Å². The third-order valence-electron chi connectivity index (χ3n) is 2.78. The number of nitrogens with two attached hydrogens (primary N) is 1. The number of primary amides is 1. The zero-order valence-electron chi connectivity index (χ0n) is 8.98. The van der Waals surface area contributed by atoms with Gasteiger partial charge in [-0.1, -0.05) is 0 Å². The molecule has 1 atom stereocenters. The lowest BCUT2D eigenvalue weighted by molar-refractivity contribution is -0.121. The Labute approximate surface area is 102 Å². The highest BCUT2D eigenvalue weighted by Gasteiger charge is 2.28. The number of hydrogen-bond acceptors (Lipinski definition) is 4. The van der Waals surface area contributed by atoms with Crippen LogP contribution < -0.4 is 10.6 Å². The maximum absolute atomic E-state index is 11.0. The Kier molecular flexibility index (Phi) is 3.09. The van der Waals surface area contributed by atoms with Crippen molar-refractivity contribution in [3.63, 3.8) is 0 Å². The summed E-state index contributed by atoms with van der Waals surface area (Å²) in [4.78, 5) is 21.6. The van der Waals surface area contributed by atoms with E-state index < -0.39 is 0 Å². The molecule has 0 saturated carbocycles. The van der Waals surface area contributed by atoms with Crippen LogP contribution in [0.2, 0.25) is 0 Å². The van der Waals surface area contributed by atoms with Gasteiger partial charge < -0.3 is 10.6 Å². The molecule has 2 rings (SSSR count). The molecule has 16 heavy (non-hydrogen) atoms. The van der Waals surface area contributed by atoms with Crippen LogP contribution in [0.25, 0.3) is 0 Å². The SMILES string of the molecule is Cc1nc(N2CCC(C(N)=O)C2)ncc1Br. The van der Waals surface area contributed by atoms with Gasteiger partial charge in [-0.05, 0) is 29.3 Å². The van der Waals surface area contributed by atoms with Gasteiger partial charge in [-0.15, -0.1) is 0 Å². The summed E-state index contributed by atoms with van der Waals surface area (Å²) < 4.78 is 0.891. The van der Waals surface area contributed by atoms with Crippen molar-refractivity contribution in [3.8, 4) is 0 Å². The summed E-state index contributed by atoms with van der Waals surface area (Å²) in [5, 5.41) is 0. The molecule has 1 aromatic rings. The Morgan fingerprint density at radius 3 is 3.00 bits per heavy atom. The van der Waals surface area contributed by atoms with Crippen LogP contribution in [0.3, 0.4) is 0 Å². The number of aromatic nitrogens is 2. The molecule has 0 aliphatic carbocycles. The van der Waals surface area contributed by atoms with Crippen molar-refractivity contribution in [3.05, 3.63) is 16.4 Å². The van der Waals surface area contributed by atoms with E-state index in [1.165, 1.54) is 0 Å². The Morgan fingerprint density at radius 2 is 2.44 bits per heavy atom. The number of carbonyl (C=O) groups is 1. The molecule has 0 radical (unpaired) electrons. The average molecular weight is 285 g/mol. The number of halogens is 1. The lowest BCUT2D eigenvalue weighted by Crippen LogP contribution is -2.28. The summed E-state index contributed by atoms with van der Waals surface area (Å²) in [5.74, 6) is 0.355. The molecule has 5 nitrogen and oxygen atoms in total. The molecule has 1 fully saturated rings. The van der Waals surface area contributed by atoms with E-state index in [0.29, 0.717) is 12.5 Å². The van der Waals surface area contributed by atoms with E-state index >= 15 is 0 Å². The van der Waals surface area contributed by atoms with Gasteiger partial charge in [0.05, 0.1) is 16.1 Å². The van der Waals surface area contributed by atoms with Gasteiger partial charge in [-0.25, -0.2) is 9.97 Å². The summed E-state index contributed by atoms with van der Waals surface area (Å²) in [6.07, 6.45) is 2.52. The Morgan fingerprint density at radius 1 is 1.69 bits per heavy atom. The number of rotatable bonds is 2. The molecule has 1 unspecified atom stereocenters. The summed E-state index contributed by atoms with van der Waals surface area (Å²) in [7, 11) is 0. The molecule has 0 aromatic carbocycles. The highest BCUT2D eigenvalue weighted by molar-refractivity contribution is 9.10. The van der Waals surface area contributed by atoms with Crippen molar-refractivity contribution >= 4 is 27.8 Å². The van der Waals surface area contributed by atoms with E-state index in [0.717, 1.165) is 23.1 Å². The van der Waals surface area contributed by atoms with Crippen molar-refractivity contribution in [2.75, 3.05) is 18.0 Å². The molecule has 1 amide bonds. The second-order valence-corrected chi connectivity index (χ2v) is 4.79. The van der Waals surface area contributed by atoms with Crippen molar-refractivity contribution in [2.45, 2.75) is 13.3 Å². The number of carbonyl (C=O) groups excluding carboxylic acids is 1. The quantitative estimate of drug-likeness (QED) is 0.874. The first kappa shape index (κ1) is 11.3. The first-order chi connectivity index (χ1) is 7.58. The Hall–Kier alpha value is -1.17. The zero-order valence-corrected chi connectivity index (χ0v) is 10.6. The van der Waals surface area contributed by atoms with E-state index in [1.54, 1.807) is 6.20 Å². The maximum Gasteiger partial charge on any atom is 0.225 e. The molecule has 2 heterocycles. The molecule has 6 heteroatoms. The highest BCUT2D eigenvalue weighted by Crippen LogP contribution is 2.22. The summed E-state index contributed by atoms with van der Waals surface area (Å²) in [6.45, 7) is 3.32.